The van der Waals surface area contributed by atoms with Gasteiger partial charge in [-0.25, -0.2) is 0 Å². The number of benzene rings is 1. The van der Waals surface area contributed by atoms with Gasteiger partial charge in [0.2, 0.25) is 5.91 Å². The predicted molar refractivity (Wildman–Crippen MR) is 78.0 cm³/mol. The molecule has 1 aromatic rings. The topological polar surface area (TPSA) is 46.3 Å². The number of carbonyl (C=O) groups is 1. The SMILES string of the molecule is Cc1ccc(CCC(=O)N2CCCC(N)C2)cc1C. The summed E-state index contributed by atoms with van der Waals surface area (Å²) in [5.74, 6) is 0.244. The van der Waals surface area contributed by atoms with Gasteiger partial charge in [0.1, 0.15) is 0 Å². The highest BCUT2D eigenvalue weighted by Crippen LogP contribution is 2.14. The van der Waals surface area contributed by atoms with Crippen molar-refractivity contribution < 1.29 is 4.79 Å². The van der Waals surface area contributed by atoms with E-state index in [1.54, 1.807) is 0 Å². The second-order valence-corrected chi connectivity index (χ2v) is 5.66. The molecule has 0 aliphatic carbocycles. The molecule has 0 bridgehead atoms. The highest BCUT2D eigenvalue weighted by molar-refractivity contribution is 5.76. The van der Waals surface area contributed by atoms with Gasteiger partial charge in [-0.1, -0.05) is 18.2 Å². The van der Waals surface area contributed by atoms with Crippen molar-refractivity contribution in [2.24, 2.45) is 5.73 Å². The number of hydrogen-bond donors (Lipinski definition) is 1. The maximum atomic E-state index is 12.1. The molecule has 0 radical (unpaired) electrons. The lowest BCUT2D eigenvalue weighted by atomic mass is 10.0. The number of rotatable bonds is 3. The van der Waals surface area contributed by atoms with Crippen molar-refractivity contribution >= 4 is 5.91 Å². The van der Waals surface area contributed by atoms with E-state index < -0.39 is 0 Å². The van der Waals surface area contributed by atoms with Crippen LogP contribution in [0.1, 0.15) is 36.0 Å². The normalized spacial score (nSPS) is 19.5. The molecule has 0 saturated carbocycles. The molecule has 3 nitrogen and oxygen atoms in total. The average molecular weight is 260 g/mol. The molecule has 1 fully saturated rings. The number of amides is 1. The summed E-state index contributed by atoms with van der Waals surface area (Å²) in [6.07, 6.45) is 3.50. The maximum absolute atomic E-state index is 12.1. The standard InChI is InChI=1S/C16H24N2O/c1-12-5-6-14(10-13(12)2)7-8-16(19)18-9-3-4-15(17)11-18/h5-6,10,15H,3-4,7-9,11,17H2,1-2H3. The number of likely N-dealkylation sites (tertiary alicyclic amines) is 1. The Balaban J connectivity index is 1.87. The Morgan fingerprint density at radius 1 is 1.37 bits per heavy atom. The largest absolute Gasteiger partial charge is 0.341 e. The minimum atomic E-state index is 0.166. The summed E-state index contributed by atoms with van der Waals surface area (Å²) in [5, 5.41) is 0. The molecule has 1 aromatic carbocycles. The Kier molecular flexibility index (Phi) is 4.59. The molecule has 19 heavy (non-hydrogen) atoms. The zero-order valence-electron chi connectivity index (χ0n) is 12.0. The maximum Gasteiger partial charge on any atom is 0.222 e. The zero-order chi connectivity index (χ0) is 13.8. The van der Waals surface area contributed by atoms with Crippen LogP contribution in [-0.4, -0.2) is 29.9 Å². The summed E-state index contributed by atoms with van der Waals surface area (Å²) in [6, 6.07) is 6.60. The van der Waals surface area contributed by atoms with E-state index in [1.165, 1.54) is 16.7 Å². The molecule has 2 N–H and O–H groups in total. The molecule has 0 aromatic heterocycles. The molecule has 1 unspecified atom stereocenters. The fraction of sp³-hybridized carbons (Fsp3) is 0.562. The fourth-order valence-corrected chi connectivity index (χ4v) is 2.60. The summed E-state index contributed by atoms with van der Waals surface area (Å²) in [7, 11) is 0. The minimum absolute atomic E-state index is 0.166. The third-order valence-corrected chi connectivity index (χ3v) is 4.01. The Morgan fingerprint density at radius 3 is 2.84 bits per heavy atom. The van der Waals surface area contributed by atoms with E-state index in [0.29, 0.717) is 6.42 Å². The summed E-state index contributed by atoms with van der Waals surface area (Å²) in [5.41, 5.74) is 9.76. The van der Waals surface area contributed by atoms with Crippen LogP contribution in [0.3, 0.4) is 0 Å². The third-order valence-electron chi connectivity index (χ3n) is 4.01. The fourth-order valence-electron chi connectivity index (χ4n) is 2.60. The van der Waals surface area contributed by atoms with Crippen LogP contribution in [0, 0.1) is 13.8 Å². The van der Waals surface area contributed by atoms with Crippen LogP contribution in [0.2, 0.25) is 0 Å². The number of aryl methyl sites for hydroxylation is 3. The van der Waals surface area contributed by atoms with Gasteiger partial charge in [0.05, 0.1) is 0 Å². The molecule has 2 rings (SSSR count). The molecule has 3 heteroatoms. The lowest BCUT2D eigenvalue weighted by Gasteiger charge is -2.30. The third kappa shape index (κ3) is 3.80. The van der Waals surface area contributed by atoms with Crippen molar-refractivity contribution in [2.45, 2.75) is 45.6 Å². The Morgan fingerprint density at radius 2 is 2.16 bits per heavy atom. The highest BCUT2D eigenvalue weighted by atomic mass is 16.2. The second kappa shape index (κ2) is 6.20. The molecule has 1 atom stereocenters. The average Bonchev–Trinajstić information content (AvgIpc) is 2.40. The molecule has 1 aliphatic rings. The summed E-state index contributed by atoms with van der Waals surface area (Å²) < 4.78 is 0. The first-order chi connectivity index (χ1) is 9.06. The van der Waals surface area contributed by atoms with Crippen LogP contribution in [0.5, 0.6) is 0 Å². The first-order valence-electron chi connectivity index (χ1n) is 7.16. The van der Waals surface area contributed by atoms with Gasteiger partial charge in [-0.15, -0.1) is 0 Å². The van der Waals surface area contributed by atoms with Crippen molar-refractivity contribution in [3.63, 3.8) is 0 Å². The van der Waals surface area contributed by atoms with Gasteiger partial charge in [0.25, 0.3) is 0 Å². The van der Waals surface area contributed by atoms with Crippen LogP contribution >= 0.6 is 0 Å². The molecule has 0 spiro atoms. The van der Waals surface area contributed by atoms with Crippen LogP contribution in [0.25, 0.3) is 0 Å². The van der Waals surface area contributed by atoms with E-state index in [9.17, 15) is 4.79 Å². The lowest BCUT2D eigenvalue weighted by Crippen LogP contribution is -2.45. The van der Waals surface area contributed by atoms with Gasteiger partial charge in [-0.2, -0.15) is 0 Å². The Labute approximate surface area is 115 Å². The van der Waals surface area contributed by atoms with Crippen molar-refractivity contribution in [1.82, 2.24) is 4.90 Å². The van der Waals surface area contributed by atoms with E-state index in [2.05, 4.69) is 32.0 Å². The van der Waals surface area contributed by atoms with Crippen molar-refractivity contribution in [1.29, 1.82) is 0 Å². The monoisotopic (exact) mass is 260 g/mol. The van der Waals surface area contributed by atoms with Crippen LogP contribution < -0.4 is 5.73 Å². The zero-order valence-corrected chi connectivity index (χ0v) is 12.0. The van der Waals surface area contributed by atoms with Crippen LogP contribution in [0.15, 0.2) is 18.2 Å². The first-order valence-corrected chi connectivity index (χ1v) is 7.16. The summed E-state index contributed by atoms with van der Waals surface area (Å²) in [6.45, 7) is 5.83. The number of nitrogens with zero attached hydrogens (tertiary/aromatic N) is 1. The number of nitrogens with two attached hydrogens (primary N) is 1. The minimum Gasteiger partial charge on any atom is -0.341 e. The van der Waals surface area contributed by atoms with E-state index >= 15 is 0 Å². The van der Waals surface area contributed by atoms with Crippen LogP contribution in [0.4, 0.5) is 0 Å². The van der Waals surface area contributed by atoms with Gasteiger partial charge in [0, 0.05) is 25.6 Å². The van der Waals surface area contributed by atoms with Gasteiger partial charge >= 0.3 is 0 Å². The highest BCUT2D eigenvalue weighted by Gasteiger charge is 2.20. The molecular formula is C16H24N2O. The Hall–Kier alpha value is -1.35. The van der Waals surface area contributed by atoms with E-state index in [0.717, 1.165) is 32.4 Å². The van der Waals surface area contributed by atoms with Gasteiger partial charge < -0.3 is 10.6 Å². The van der Waals surface area contributed by atoms with Crippen molar-refractivity contribution in [2.75, 3.05) is 13.1 Å². The number of piperidine rings is 1. The summed E-state index contributed by atoms with van der Waals surface area (Å²) >= 11 is 0. The van der Waals surface area contributed by atoms with Gasteiger partial charge in [-0.3, -0.25) is 4.79 Å². The molecule has 1 aliphatic heterocycles. The van der Waals surface area contributed by atoms with Crippen LogP contribution in [-0.2, 0) is 11.2 Å². The second-order valence-electron chi connectivity index (χ2n) is 5.66. The molecule has 1 amide bonds. The number of carbonyl (C=O) groups excluding carboxylic acids is 1. The lowest BCUT2D eigenvalue weighted by molar-refractivity contribution is -0.132. The van der Waals surface area contributed by atoms with Gasteiger partial charge in [0.15, 0.2) is 0 Å². The first kappa shape index (κ1) is 14.1. The van der Waals surface area contributed by atoms with Gasteiger partial charge in [-0.05, 0) is 49.8 Å². The van der Waals surface area contributed by atoms with Crippen molar-refractivity contribution in [3.05, 3.63) is 34.9 Å². The van der Waals surface area contributed by atoms with E-state index in [4.69, 9.17) is 5.73 Å². The summed E-state index contributed by atoms with van der Waals surface area (Å²) in [4.78, 5) is 14.1. The quantitative estimate of drug-likeness (QED) is 0.905. The Bertz CT molecular complexity index is 456. The van der Waals surface area contributed by atoms with E-state index in [1.807, 2.05) is 4.90 Å². The van der Waals surface area contributed by atoms with E-state index in [-0.39, 0.29) is 11.9 Å². The molecule has 1 saturated heterocycles. The smallest absolute Gasteiger partial charge is 0.222 e. The number of hydrogen-bond acceptors (Lipinski definition) is 2. The predicted octanol–water partition coefficient (Wildman–Crippen LogP) is 2.19. The van der Waals surface area contributed by atoms with Crippen molar-refractivity contribution in [3.8, 4) is 0 Å². The molecule has 1 heterocycles. The molecular weight excluding hydrogens is 236 g/mol. The molecule has 104 valence electrons.